The van der Waals surface area contributed by atoms with Crippen LogP contribution >= 0.6 is 23.9 Å². The molecule has 2 amide bonds. The van der Waals surface area contributed by atoms with Crippen LogP contribution < -0.4 is 0 Å². The third-order valence-electron chi connectivity index (χ3n) is 1.70. The molecule has 9 heteroatoms. The number of ether oxygens (including phenoxy) is 1. The lowest BCUT2D eigenvalue weighted by atomic mass is 10.2. The molecule has 0 aliphatic heterocycles. The molecule has 0 saturated heterocycles. The molecule has 0 unspecified atom stereocenters. The lowest BCUT2D eigenvalue weighted by Gasteiger charge is -2.25. The Balaban J connectivity index is 4.35. The lowest BCUT2D eigenvalue weighted by Crippen LogP contribution is -2.33. The van der Waals surface area contributed by atoms with Crippen molar-refractivity contribution in [2.45, 2.75) is 33.3 Å². The van der Waals surface area contributed by atoms with Crippen molar-refractivity contribution in [3.63, 3.8) is 0 Å². The summed E-state index contributed by atoms with van der Waals surface area (Å²) in [6.07, 6.45) is 0.589. The van der Waals surface area contributed by atoms with Crippen molar-refractivity contribution in [2.75, 3.05) is 20.4 Å². The first-order valence-electron chi connectivity index (χ1n) is 5.75. The van der Waals surface area contributed by atoms with E-state index in [2.05, 4.69) is 5.16 Å². The molecule has 0 aromatic heterocycles. The third kappa shape index (κ3) is 8.16. The van der Waals surface area contributed by atoms with E-state index in [9.17, 15) is 9.59 Å². The van der Waals surface area contributed by atoms with Crippen molar-refractivity contribution >= 4 is 41.1 Å². The number of rotatable bonds is 3. The first-order valence-corrected chi connectivity index (χ1v) is 7.70. The Morgan fingerprint density at radius 3 is 2.05 bits per heavy atom. The molecular weight excluding hydrogens is 302 g/mol. The topological polar surface area (TPSA) is 71.4 Å². The Hall–Kier alpha value is -1.09. The van der Waals surface area contributed by atoms with Gasteiger partial charge in [-0.25, -0.2) is 18.2 Å². The summed E-state index contributed by atoms with van der Waals surface area (Å²) in [5, 5.41) is 4.24. The Bertz CT molecular complexity index is 382. The van der Waals surface area contributed by atoms with Gasteiger partial charge in [0, 0.05) is 14.1 Å². The number of thioether (sulfide) groups is 1. The van der Waals surface area contributed by atoms with Crippen LogP contribution in [0.5, 0.6) is 0 Å². The Morgan fingerprint density at radius 2 is 1.60 bits per heavy atom. The number of oxime groups is 1. The summed E-state index contributed by atoms with van der Waals surface area (Å²) in [5.74, 6) is 0. The normalized spacial score (nSPS) is 11.8. The van der Waals surface area contributed by atoms with Crippen molar-refractivity contribution in [1.29, 1.82) is 0 Å². The van der Waals surface area contributed by atoms with Gasteiger partial charge in [-0.3, -0.25) is 4.84 Å². The van der Waals surface area contributed by atoms with Gasteiger partial charge in [-0.1, -0.05) is 5.16 Å². The molecule has 0 aliphatic carbocycles. The quantitative estimate of drug-likeness (QED) is 0.261. The average Bonchev–Trinajstić information content (AvgIpc) is 2.32. The zero-order valence-electron chi connectivity index (χ0n) is 12.8. The van der Waals surface area contributed by atoms with Crippen molar-refractivity contribution in [2.24, 2.45) is 5.16 Å². The van der Waals surface area contributed by atoms with Crippen LogP contribution in [0.1, 0.15) is 27.7 Å². The highest BCUT2D eigenvalue weighted by molar-refractivity contribution is 8.13. The summed E-state index contributed by atoms with van der Waals surface area (Å²) in [7, 11) is 2.97. The Kier molecular flexibility index (Phi) is 7.80. The molecule has 0 rings (SSSR count). The van der Waals surface area contributed by atoms with E-state index < -0.39 is 17.8 Å². The lowest BCUT2D eigenvalue weighted by molar-refractivity contribution is 0.0429. The highest BCUT2D eigenvalue weighted by Crippen LogP contribution is 2.18. The van der Waals surface area contributed by atoms with Gasteiger partial charge < -0.3 is 4.74 Å². The van der Waals surface area contributed by atoms with E-state index in [1.165, 1.54) is 30.2 Å². The van der Waals surface area contributed by atoms with Crippen molar-refractivity contribution < 1.29 is 19.2 Å². The molecule has 0 aromatic rings. The van der Waals surface area contributed by atoms with Crippen molar-refractivity contribution in [3.05, 3.63) is 0 Å². The second kappa shape index (κ2) is 8.25. The van der Waals surface area contributed by atoms with Gasteiger partial charge in [0.1, 0.15) is 10.6 Å². The standard InChI is InChI=1S/C11H21N3O4S2/c1-8(19-7)12-18-10(16)14(6)20-13(5)9(15)17-11(2,3)4/h1-7H3/b12-8-. The smallest absolute Gasteiger partial charge is 0.443 e. The minimum atomic E-state index is -0.682. The molecule has 0 spiro atoms. The molecule has 0 bridgehead atoms. The number of amides is 2. The van der Waals surface area contributed by atoms with Crippen LogP contribution in [0.25, 0.3) is 0 Å². The maximum absolute atomic E-state index is 11.7. The summed E-state index contributed by atoms with van der Waals surface area (Å²) >= 11 is 2.22. The van der Waals surface area contributed by atoms with Gasteiger partial charge in [0.25, 0.3) is 0 Å². The van der Waals surface area contributed by atoms with Crippen LogP contribution in [0.3, 0.4) is 0 Å². The summed E-state index contributed by atoms with van der Waals surface area (Å²) in [5.41, 5.74) is -0.593. The van der Waals surface area contributed by atoms with Crippen molar-refractivity contribution in [3.8, 4) is 0 Å². The SMILES string of the molecule is CS/C(C)=N\OC(=O)N(C)SN(C)C(=O)OC(C)(C)C. The largest absolute Gasteiger partial charge is 0.447 e. The zero-order valence-corrected chi connectivity index (χ0v) is 14.4. The van der Waals surface area contributed by atoms with Gasteiger partial charge in [0.05, 0.1) is 12.1 Å². The minimum absolute atomic E-state index is 0.550. The molecule has 0 atom stereocenters. The van der Waals surface area contributed by atoms with Gasteiger partial charge in [0.15, 0.2) is 0 Å². The summed E-state index contributed by atoms with van der Waals surface area (Å²) in [4.78, 5) is 28.0. The fraction of sp³-hybridized carbons (Fsp3) is 0.727. The van der Waals surface area contributed by atoms with Crippen LogP contribution in [0.2, 0.25) is 0 Å². The van der Waals surface area contributed by atoms with E-state index in [1.54, 1.807) is 27.7 Å². The fourth-order valence-corrected chi connectivity index (χ4v) is 1.46. The van der Waals surface area contributed by atoms with Gasteiger partial charge in [-0.15, -0.1) is 11.8 Å². The number of hydrogen-bond acceptors (Lipinski definition) is 7. The molecule has 0 radical (unpaired) electrons. The first kappa shape index (κ1) is 18.9. The van der Waals surface area contributed by atoms with E-state index in [1.807, 2.05) is 6.26 Å². The van der Waals surface area contributed by atoms with Crippen LogP contribution in [-0.4, -0.2) is 51.8 Å². The van der Waals surface area contributed by atoms with Crippen LogP contribution in [-0.2, 0) is 9.57 Å². The van der Waals surface area contributed by atoms with E-state index in [-0.39, 0.29) is 0 Å². The minimum Gasteiger partial charge on any atom is -0.443 e. The van der Waals surface area contributed by atoms with Gasteiger partial charge >= 0.3 is 12.2 Å². The number of carbonyl (C=O) groups is 2. The monoisotopic (exact) mass is 323 g/mol. The summed E-state index contributed by atoms with van der Waals surface area (Å²) < 4.78 is 7.48. The second-order valence-corrected chi connectivity index (χ2v) is 6.99. The molecule has 0 fully saturated rings. The molecule has 7 nitrogen and oxygen atoms in total. The van der Waals surface area contributed by atoms with Gasteiger partial charge in [-0.2, -0.15) is 0 Å². The molecule has 0 heterocycles. The van der Waals surface area contributed by atoms with Crippen LogP contribution in [0, 0.1) is 0 Å². The highest BCUT2D eigenvalue weighted by Gasteiger charge is 2.23. The highest BCUT2D eigenvalue weighted by atomic mass is 32.2. The molecule has 20 heavy (non-hydrogen) atoms. The summed E-state index contributed by atoms with van der Waals surface area (Å²) in [6, 6.07) is 0. The number of carbonyl (C=O) groups excluding carboxylic acids is 2. The van der Waals surface area contributed by atoms with Crippen LogP contribution in [0.4, 0.5) is 9.59 Å². The van der Waals surface area contributed by atoms with Crippen LogP contribution in [0.15, 0.2) is 5.16 Å². The Labute approximate surface area is 128 Å². The fourth-order valence-electron chi connectivity index (χ4n) is 0.775. The second-order valence-electron chi connectivity index (χ2n) is 4.73. The molecule has 0 saturated carbocycles. The molecular formula is C11H21N3O4S2. The van der Waals surface area contributed by atoms with Gasteiger partial charge in [0.2, 0.25) is 0 Å². The van der Waals surface area contributed by atoms with Crippen molar-refractivity contribution in [1.82, 2.24) is 8.61 Å². The zero-order chi connectivity index (χ0) is 15.9. The average molecular weight is 323 g/mol. The van der Waals surface area contributed by atoms with Gasteiger partial charge in [-0.05, 0) is 34.0 Å². The van der Waals surface area contributed by atoms with E-state index in [4.69, 9.17) is 9.57 Å². The molecule has 116 valence electrons. The number of nitrogens with zero attached hydrogens (tertiary/aromatic N) is 3. The molecule has 0 aliphatic rings. The predicted molar refractivity (Wildman–Crippen MR) is 82.5 cm³/mol. The molecule has 0 N–H and O–H groups in total. The maximum Gasteiger partial charge on any atom is 0.447 e. The van der Waals surface area contributed by atoms with E-state index >= 15 is 0 Å². The summed E-state index contributed by atoms with van der Waals surface area (Å²) in [6.45, 7) is 7.02. The maximum atomic E-state index is 11.7. The third-order valence-corrected chi connectivity index (χ3v) is 3.15. The number of hydrogen-bond donors (Lipinski definition) is 0. The Morgan fingerprint density at radius 1 is 1.10 bits per heavy atom. The first-order chi connectivity index (χ1) is 9.06. The van der Waals surface area contributed by atoms with E-state index in [0.717, 1.165) is 16.4 Å². The molecule has 0 aromatic carbocycles. The predicted octanol–water partition coefficient (Wildman–Crippen LogP) is 3.18. The van der Waals surface area contributed by atoms with E-state index in [0.29, 0.717) is 5.04 Å².